The lowest BCUT2D eigenvalue weighted by molar-refractivity contribution is -0.145. The second-order valence-electron chi connectivity index (χ2n) is 10.8. The van der Waals surface area contributed by atoms with Crippen molar-refractivity contribution in [3.05, 3.63) is 0 Å². The van der Waals surface area contributed by atoms with Crippen molar-refractivity contribution in [1.29, 1.82) is 0 Å². The van der Waals surface area contributed by atoms with Crippen LogP contribution in [0.5, 0.6) is 0 Å². The zero-order chi connectivity index (χ0) is 25.8. The fraction of sp³-hybridized carbons (Fsp3) is 0.792. The van der Waals surface area contributed by atoms with Crippen LogP contribution in [-0.2, 0) is 24.0 Å². The molecule has 0 spiro atoms. The first-order chi connectivity index (χ1) is 16.4. The van der Waals surface area contributed by atoms with Crippen LogP contribution < -0.4 is 21.3 Å². The first kappa shape index (κ1) is 26.9. The van der Waals surface area contributed by atoms with Gasteiger partial charge < -0.3 is 26.4 Å². The molecule has 1 heterocycles. The van der Waals surface area contributed by atoms with Crippen LogP contribution in [0.2, 0.25) is 0 Å². The van der Waals surface area contributed by atoms with Crippen LogP contribution in [0.3, 0.4) is 0 Å². The number of carboxylic acid groups (broad SMARTS) is 1. The number of hydrogen-bond acceptors (Lipinski definition) is 5. The summed E-state index contributed by atoms with van der Waals surface area (Å²) in [6.07, 6.45) is 3.84. The first-order valence-corrected chi connectivity index (χ1v) is 12.5. The highest BCUT2D eigenvalue weighted by molar-refractivity contribution is 6.35. The van der Waals surface area contributed by atoms with E-state index in [0.717, 1.165) is 6.42 Å². The topological polar surface area (TPSA) is 154 Å². The summed E-state index contributed by atoms with van der Waals surface area (Å²) < 4.78 is 14.4. The third kappa shape index (κ3) is 6.91. The monoisotopic (exact) mass is 496 g/mol. The molecule has 1 saturated heterocycles. The maximum Gasteiger partial charge on any atom is 0.326 e. The molecule has 35 heavy (non-hydrogen) atoms. The molecule has 4 aliphatic rings. The van der Waals surface area contributed by atoms with Crippen LogP contribution in [0.25, 0.3) is 0 Å². The fourth-order valence-corrected chi connectivity index (χ4v) is 5.39. The average molecular weight is 497 g/mol. The molecule has 0 radical (unpaired) electrons. The minimum absolute atomic E-state index is 0.0329. The lowest BCUT2D eigenvalue weighted by atomic mass is 9.64. The van der Waals surface area contributed by atoms with Crippen molar-refractivity contribution in [3.8, 4) is 0 Å². The molecular formula is C24H37FN4O6. The minimum atomic E-state index is -1.30. The van der Waals surface area contributed by atoms with Gasteiger partial charge in [0.25, 0.3) is 0 Å². The van der Waals surface area contributed by atoms with Crippen molar-refractivity contribution in [2.24, 2.45) is 11.8 Å². The Labute approximate surface area is 204 Å². The largest absolute Gasteiger partial charge is 0.480 e. The van der Waals surface area contributed by atoms with E-state index in [-0.39, 0.29) is 24.7 Å². The lowest BCUT2D eigenvalue weighted by Crippen LogP contribution is -2.61. The SMILES string of the molecule is CC(C)C[C@H](NC(=O)C(=O)NC12CCC(F)(CC1)CC2)C(=O)N[C@@H](C[C@@H]1CCCNC1=O)C(=O)O. The second-order valence-corrected chi connectivity index (χ2v) is 10.8. The molecule has 0 aromatic carbocycles. The number of amides is 4. The Hall–Kier alpha value is -2.72. The van der Waals surface area contributed by atoms with Crippen LogP contribution in [0, 0.1) is 11.8 Å². The first-order valence-electron chi connectivity index (χ1n) is 12.5. The molecule has 11 heteroatoms. The van der Waals surface area contributed by atoms with Crippen LogP contribution >= 0.6 is 0 Å². The zero-order valence-electron chi connectivity index (χ0n) is 20.5. The molecule has 3 saturated carbocycles. The molecular weight excluding hydrogens is 459 g/mol. The van der Waals surface area contributed by atoms with Crippen LogP contribution in [0.1, 0.15) is 78.1 Å². The number of carbonyl (C=O) groups is 5. The molecule has 3 aliphatic carbocycles. The number of carbonyl (C=O) groups excluding carboxylic acids is 4. The quantitative estimate of drug-likeness (QED) is 0.299. The third-order valence-corrected chi connectivity index (χ3v) is 7.60. The highest BCUT2D eigenvalue weighted by Crippen LogP contribution is 2.48. The number of fused-ring (bicyclic) bond motifs is 3. The summed E-state index contributed by atoms with van der Waals surface area (Å²) in [4.78, 5) is 62.1. The number of carboxylic acids is 1. The Kier molecular flexibility index (Phi) is 8.38. The molecule has 4 fully saturated rings. The van der Waals surface area contributed by atoms with Crippen LogP contribution in [-0.4, -0.2) is 64.5 Å². The summed E-state index contributed by atoms with van der Waals surface area (Å²) >= 11 is 0. The van der Waals surface area contributed by atoms with Gasteiger partial charge in [0.2, 0.25) is 11.8 Å². The Balaban J connectivity index is 1.60. The standard InChI is InChI=1S/C24H37FN4O6/c1-14(2)12-16(19(31)28-17(22(34)35)13-15-4-3-11-26-18(15)30)27-20(32)21(33)29-24-8-5-23(25,6-9-24)7-10-24/h14-17H,3-13H2,1-2H3,(H,26,30)(H,27,32)(H,28,31)(H,29,33)(H,34,35)/t15-,16-,17-,23?,24?/m0/s1. The van der Waals surface area contributed by atoms with Gasteiger partial charge in [0.05, 0.1) is 0 Å². The number of alkyl halides is 1. The second kappa shape index (κ2) is 10.9. The van der Waals surface area contributed by atoms with E-state index in [9.17, 15) is 33.5 Å². The highest BCUT2D eigenvalue weighted by atomic mass is 19.1. The predicted molar refractivity (Wildman–Crippen MR) is 124 cm³/mol. The molecule has 3 atom stereocenters. The maximum absolute atomic E-state index is 14.4. The summed E-state index contributed by atoms with van der Waals surface area (Å²) in [6.45, 7) is 4.21. The van der Waals surface area contributed by atoms with E-state index in [0.29, 0.717) is 51.5 Å². The van der Waals surface area contributed by atoms with Crippen molar-refractivity contribution in [1.82, 2.24) is 21.3 Å². The van der Waals surface area contributed by atoms with Crippen LogP contribution in [0.15, 0.2) is 0 Å². The zero-order valence-corrected chi connectivity index (χ0v) is 20.5. The van der Waals surface area contributed by atoms with E-state index in [4.69, 9.17) is 0 Å². The van der Waals surface area contributed by atoms with Crippen molar-refractivity contribution in [3.63, 3.8) is 0 Å². The van der Waals surface area contributed by atoms with Gasteiger partial charge in [-0.2, -0.15) is 0 Å². The Morgan fingerprint density at radius 1 is 1.03 bits per heavy atom. The van der Waals surface area contributed by atoms with Crippen molar-refractivity contribution in [2.45, 2.75) is 101 Å². The van der Waals surface area contributed by atoms with Gasteiger partial charge in [0.1, 0.15) is 17.8 Å². The Bertz CT molecular complexity index is 838. The number of piperidine rings is 1. The van der Waals surface area contributed by atoms with E-state index >= 15 is 0 Å². The van der Waals surface area contributed by atoms with E-state index in [1.807, 2.05) is 13.8 Å². The number of nitrogens with one attached hydrogen (secondary N) is 4. The molecule has 196 valence electrons. The van der Waals surface area contributed by atoms with E-state index in [1.54, 1.807) is 0 Å². The molecule has 5 N–H and O–H groups in total. The van der Waals surface area contributed by atoms with E-state index in [2.05, 4.69) is 21.3 Å². The highest BCUT2D eigenvalue weighted by Gasteiger charge is 2.50. The van der Waals surface area contributed by atoms with Gasteiger partial charge in [-0.1, -0.05) is 13.8 Å². The molecule has 0 aromatic rings. The molecule has 2 bridgehead atoms. The van der Waals surface area contributed by atoms with Crippen LogP contribution in [0.4, 0.5) is 4.39 Å². The lowest BCUT2D eigenvalue weighted by Gasteiger charge is -2.49. The van der Waals surface area contributed by atoms with Gasteiger partial charge >= 0.3 is 17.8 Å². The number of halogens is 1. The summed E-state index contributed by atoms with van der Waals surface area (Å²) in [6, 6.07) is -2.43. The number of hydrogen-bond donors (Lipinski definition) is 5. The Morgan fingerprint density at radius 2 is 1.66 bits per heavy atom. The molecule has 4 rings (SSSR count). The predicted octanol–water partition coefficient (Wildman–Crippen LogP) is 0.934. The van der Waals surface area contributed by atoms with E-state index in [1.165, 1.54) is 0 Å². The summed E-state index contributed by atoms with van der Waals surface area (Å²) in [5, 5.41) is 20.0. The normalized spacial score (nSPS) is 29.6. The van der Waals surface area contributed by atoms with E-state index < -0.39 is 52.9 Å². The van der Waals surface area contributed by atoms with Gasteiger partial charge in [-0.25, -0.2) is 9.18 Å². The van der Waals surface area contributed by atoms with Gasteiger partial charge in [-0.05, 0) is 70.1 Å². The third-order valence-electron chi connectivity index (χ3n) is 7.60. The van der Waals surface area contributed by atoms with Gasteiger partial charge in [0, 0.05) is 18.0 Å². The molecule has 0 aromatic heterocycles. The molecule has 0 unspecified atom stereocenters. The van der Waals surface area contributed by atoms with Gasteiger partial charge in [0.15, 0.2) is 0 Å². The summed E-state index contributed by atoms with van der Waals surface area (Å²) in [5.41, 5.74) is -1.78. The van der Waals surface area contributed by atoms with Gasteiger partial charge in [-0.3, -0.25) is 19.2 Å². The Morgan fingerprint density at radius 3 is 2.20 bits per heavy atom. The maximum atomic E-state index is 14.4. The minimum Gasteiger partial charge on any atom is -0.480 e. The molecule has 10 nitrogen and oxygen atoms in total. The fourth-order valence-electron chi connectivity index (χ4n) is 5.39. The number of rotatable bonds is 9. The summed E-state index contributed by atoms with van der Waals surface area (Å²) in [5.74, 6) is -4.66. The molecule has 4 amide bonds. The number of aliphatic carboxylic acids is 1. The summed E-state index contributed by atoms with van der Waals surface area (Å²) in [7, 11) is 0. The average Bonchev–Trinajstić information content (AvgIpc) is 2.80. The molecule has 1 aliphatic heterocycles. The van der Waals surface area contributed by atoms with Crippen molar-refractivity contribution in [2.75, 3.05) is 6.54 Å². The van der Waals surface area contributed by atoms with Gasteiger partial charge in [-0.15, -0.1) is 0 Å². The van der Waals surface area contributed by atoms with Crippen molar-refractivity contribution >= 4 is 29.6 Å². The van der Waals surface area contributed by atoms with Crippen molar-refractivity contribution < 1.29 is 33.5 Å². The smallest absolute Gasteiger partial charge is 0.326 e.